The predicted molar refractivity (Wildman–Crippen MR) is 252 cm³/mol. The Bertz CT molecular complexity index is 1040. The van der Waals surface area contributed by atoms with Crippen LogP contribution in [0.15, 0.2) is 48.6 Å². The number of unbranched alkanes of at least 4 members (excludes halogenated alkanes) is 26. The zero-order valence-electron chi connectivity index (χ0n) is 39.0. The van der Waals surface area contributed by atoms with E-state index in [0.29, 0.717) is 19.3 Å². The van der Waals surface area contributed by atoms with Crippen LogP contribution in [-0.4, -0.2) is 37.2 Å². The highest BCUT2D eigenvalue weighted by Crippen LogP contribution is 2.15. The summed E-state index contributed by atoms with van der Waals surface area (Å²) in [5.41, 5.74) is 0. The Balaban J connectivity index is 4.43. The van der Waals surface area contributed by atoms with Crippen LogP contribution in [0.25, 0.3) is 0 Å². The van der Waals surface area contributed by atoms with Crippen molar-refractivity contribution in [2.45, 2.75) is 258 Å². The predicted octanol–water partition coefficient (Wildman–Crippen LogP) is 16.3. The van der Waals surface area contributed by atoms with Gasteiger partial charge in [0.05, 0.1) is 0 Å². The van der Waals surface area contributed by atoms with Gasteiger partial charge in [0.1, 0.15) is 13.2 Å². The van der Waals surface area contributed by atoms with E-state index in [1.54, 1.807) is 0 Å². The molecule has 0 aromatic rings. The lowest BCUT2D eigenvalue weighted by atomic mass is 10.0. The van der Waals surface area contributed by atoms with Crippen LogP contribution in [0.3, 0.4) is 0 Å². The highest BCUT2D eigenvalue weighted by Gasteiger charge is 2.19. The zero-order chi connectivity index (χ0) is 43.0. The maximum absolute atomic E-state index is 12.8. The first-order chi connectivity index (χ1) is 29.0. The van der Waals surface area contributed by atoms with Crippen LogP contribution in [0.4, 0.5) is 0 Å². The molecule has 0 heterocycles. The fraction of sp³-hybridized carbons (Fsp3) is 0.792. The second kappa shape index (κ2) is 48.0. The zero-order valence-corrected chi connectivity index (χ0v) is 39.0. The molecule has 0 fully saturated rings. The quantitative estimate of drug-likeness (QED) is 0.0263. The molecular weight excluding hydrogens is 733 g/mol. The summed E-state index contributed by atoms with van der Waals surface area (Å²) in [4.78, 5) is 37.8. The van der Waals surface area contributed by atoms with Crippen molar-refractivity contribution in [3.8, 4) is 0 Å². The topological polar surface area (TPSA) is 78.9 Å². The van der Waals surface area contributed by atoms with Crippen LogP contribution in [0.5, 0.6) is 0 Å². The summed E-state index contributed by atoms with van der Waals surface area (Å²) < 4.78 is 16.7. The van der Waals surface area contributed by atoms with Gasteiger partial charge in [-0.15, -0.1) is 0 Å². The first-order valence-electron chi connectivity index (χ1n) is 25.1. The van der Waals surface area contributed by atoms with E-state index in [1.807, 2.05) is 0 Å². The number of hydrogen-bond acceptors (Lipinski definition) is 6. The Morgan fingerprint density at radius 3 is 1.08 bits per heavy atom. The van der Waals surface area contributed by atoms with Gasteiger partial charge in [0, 0.05) is 19.3 Å². The van der Waals surface area contributed by atoms with E-state index in [4.69, 9.17) is 14.2 Å². The van der Waals surface area contributed by atoms with Gasteiger partial charge in [-0.05, 0) is 70.6 Å². The minimum atomic E-state index is -0.792. The molecule has 0 aliphatic heterocycles. The van der Waals surface area contributed by atoms with Crippen molar-refractivity contribution in [1.82, 2.24) is 0 Å². The molecule has 1 unspecified atom stereocenters. The van der Waals surface area contributed by atoms with E-state index in [1.165, 1.54) is 141 Å². The summed E-state index contributed by atoms with van der Waals surface area (Å²) in [6, 6.07) is 0. The fourth-order valence-electron chi connectivity index (χ4n) is 6.97. The van der Waals surface area contributed by atoms with E-state index < -0.39 is 6.10 Å². The summed E-state index contributed by atoms with van der Waals surface area (Å²) in [5, 5.41) is 0. The van der Waals surface area contributed by atoms with E-state index in [2.05, 4.69) is 69.4 Å². The van der Waals surface area contributed by atoms with Crippen molar-refractivity contribution in [3.05, 3.63) is 48.6 Å². The molecule has 0 bridgehead atoms. The van der Waals surface area contributed by atoms with Gasteiger partial charge in [0.15, 0.2) is 6.10 Å². The van der Waals surface area contributed by atoms with Crippen LogP contribution in [0.2, 0.25) is 0 Å². The summed E-state index contributed by atoms with van der Waals surface area (Å²) in [6.45, 7) is 6.55. The Morgan fingerprint density at radius 2 is 0.644 bits per heavy atom. The third kappa shape index (κ3) is 46.3. The first kappa shape index (κ1) is 56.4. The number of carbonyl (C=O) groups excluding carboxylic acids is 3. The molecule has 0 aliphatic rings. The number of esters is 3. The van der Waals surface area contributed by atoms with Gasteiger partial charge in [0.2, 0.25) is 0 Å². The molecule has 6 nitrogen and oxygen atoms in total. The van der Waals surface area contributed by atoms with Crippen molar-refractivity contribution in [3.63, 3.8) is 0 Å². The standard InChI is InChI=1S/C53H94O6/c1-4-7-10-13-16-19-22-24-25-26-27-29-31-34-37-40-43-46-52(55)58-49-50(48-57-51(54)45-42-39-36-33-30-21-18-15-12-9-6-3)59-53(56)47-44-41-38-35-32-28-23-20-17-14-11-8-5-2/h15,18,24-25,27,29,34,37,50H,4-14,16-17,19-23,26,28,30-33,35-36,38-49H2,1-3H3/b18-15-,25-24-,29-27-,37-34-. The van der Waals surface area contributed by atoms with E-state index in [0.717, 1.165) is 64.2 Å². The molecule has 0 aromatic heterocycles. The van der Waals surface area contributed by atoms with Crippen LogP contribution in [-0.2, 0) is 28.6 Å². The summed E-state index contributed by atoms with van der Waals surface area (Å²) in [6.07, 6.45) is 56.7. The lowest BCUT2D eigenvalue weighted by molar-refractivity contribution is -0.167. The third-order valence-corrected chi connectivity index (χ3v) is 10.8. The fourth-order valence-corrected chi connectivity index (χ4v) is 6.97. The molecule has 0 aliphatic carbocycles. The molecule has 0 radical (unpaired) electrons. The monoisotopic (exact) mass is 827 g/mol. The van der Waals surface area contributed by atoms with Crippen molar-refractivity contribution in [1.29, 1.82) is 0 Å². The van der Waals surface area contributed by atoms with E-state index in [9.17, 15) is 14.4 Å². The Hall–Kier alpha value is -2.63. The first-order valence-corrected chi connectivity index (χ1v) is 25.1. The van der Waals surface area contributed by atoms with Gasteiger partial charge in [0.25, 0.3) is 0 Å². The van der Waals surface area contributed by atoms with Crippen molar-refractivity contribution < 1.29 is 28.6 Å². The molecule has 0 amide bonds. The third-order valence-electron chi connectivity index (χ3n) is 10.8. The lowest BCUT2D eigenvalue weighted by Crippen LogP contribution is -2.30. The number of rotatable bonds is 45. The van der Waals surface area contributed by atoms with E-state index in [-0.39, 0.29) is 37.5 Å². The van der Waals surface area contributed by atoms with Crippen LogP contribution < -0.4 is 0 Å². The highest BCUT2D eigenvalue weighted by molar-refractivity contribution is 5.71. The van der Waals surface area contributed by atoms with E-state index >= 15 is 0 Å². The molecule has 0 rings (SSSR count). The maximum Gasteiger partial charge on any atom is 0.306 e. The van der Waals surface area contributed by atoms with Gasteiger partial charge >= 0.3 is 17.9 Å². The normalized spacial score (nSPS) is 12.4. The SMILES string of the molecule is CCCC/C=C\CCCCCCCC(=O)OCC(COC(=O)CCC/C=C\C/C=C\C/C=C\CCCCCCCC)OC(=O)CCCCCCCCCCCCCCC. The number of allylic oxidation sites excluding steroid dienone is 8. The molecule has 6 heteroatoms. The Morgan fingerprint density at radius 1 is 0.339 bits per heavy atom. The smallest absolute Gasteiger partial charge is 0.306 e. The van der Waals surface area contributed by atoms with Crippen molar-refractivity contribution in [2.75, 3.05) is 13.2 Å². The number of carbonyl (C=O) groups is 3. The molecule has 0 aromatic carbocycles. The average molecular weight is 827 g/mol. The molecule has 342 valence electrons. The van der Waals surface area contributed by atoms with Crippen LogP contribution >= 0.6 is 0 Å². The molecule has 0 saturated heterocycles. The maximum atomic E-state index is 12.8. The number of hydrogen-bond donors (Lipinski definition) is 0. The largest absolute Gasteiger partial charge is 0.462 e. The van der Waals surface area contributed by atoms with Gasteiger partial charge < -0.3 is 14.2 Å². The molecule has 0 spiro atoms. The van der Waals surface area contributed by atoms with Crippen LogP contribution in [0.1, 0.15) is 252 Å². The summed E-state index contributed by atoms with van der Waals surface area (Å²) in [5.74, 6) is -0.950. The second-order valence-electron chi connectivity index (χ2n) is 16.7. The minimum absolute atomic E-state index is 0.0913. The van der Waals surface area contributed by atoms with Gasteiger partial charge in [-0.1, -0.05) is 211 Å². The summed E-state index contributed by atoms with van der Waals surface area (Å²) in [7, 11) is 0. The molecule has 0 N–H and O–H groups in total. The second-order valence-corrected chi connectivity index (χ2v) is 16.7. The van der Waals surface area contributed by atoms with Crippen molar-refractivity contribution in [2.24, 2.45) is 0 Å². The summed E-state index contributed by atoms with van der Waals surface area (Å²) >= 11 is 0. The van der Waals surface area contributed by atoms with Crippen LogP contribution in [0, 0.1) is 0 Å². The van der Waals surface area contributed by atoms with Gasteiger partial charge in [-0.25, -0.2) is 0 Å². The highest BCUT2D eigenvalue weighted by atomic mass is 16.6. The molecule has 0 saturated carbocycles. The molecule has 59 heavy (non-hydrogen) atoms. The lowest BCUT2D eigenvalue weighted by Gasteiger charge is -2.18. The van der Waals surface area contributed by atoms with Gasteiger partial charge in [-0.3, -0.25) is 14.4 Å². The van der Waals surface area contributed by atoms with Crippen molar-refractivity contribution >= 4 is 17.9 Å². The number of ether oxygens (including phenoxy) is 3. The Labute approximate surface area is 365 Å². The average Bonchev–Trinajstić information content (AvgIpc) is 3.23. The van der Waals surface area contributed by atoms with Gasteiger partial charge in [-0.2, -0.15) is 0 Å². The Kier molecular flexibility index (Phi) is 45.9. The molecule has 1 atom stereocenters. The molecular formula is C53H94O6. The minimum Gasteiger partial charge on any atom is -0.462 e.